The topological polar surface area (TPSA) is 114 Å². The summed E-state index contributed by atoms with van der Waals surface area (Å²) in [6.07, 6.45) is -8.17. The quantitative estimate of drug-likeness (QED) is 0.0326. The van der Waals surface area contributed by atoms with Crippen molar-refractivity contribution in [2.45, 2.75) is 144 Å². The Balaban J connectivity index is 4.38. The number of isocyanates is 2. The zero-order valence-corrected chi connectivity index (χ0v) is 39.2. The lowest BCUT2D eigenvalue weighted by Crippen LogP contribution is -2.81. The number of rotatable bonds is 26. The first-order chi connectivity index (χ1) is 37.9. The molecule has 88 heavy (non-hydrogen) atoms. The first-order valence-electron chi connectivity index (χ1n) is 19.6. The summed E-state index contributed by atoms with van der Waals surface area (Å²) >= 11 is 0. The maximum atomic E-state index is 15.8. The second-order valence-corrected chi connectivity index (χ2v) is 16.5. The van der Waals surface area contributed by atoms with E-state index >= 15 is 26.3 Å². The Morgan fingerprint density at radius 3 is 0.773 bits per heavy atom. The Kier molecular flexibility index (Phi) is 19.5. The van der Waals surface area contributed by atoms with Crippen molar-refractivity contribution in [1.82, 2.24) is 5.32 Å². The monoisotopic (exact) mass is 1410 g/mol. The number of nitrogens with one attached hydrogen (secondary N) is 1. The van der Waals surface area contributed by atoms with E-state index in [1.54, 1.807) is 0 Å². The predicted molar refractivity (Wildman–Crippen MR) is 180 cm³/mol. The van der Waals surface area contributed by atoms with Crippen LogP contribution in [-0.2, 0) is 25.0 Å². The first kappa shape index (κ1) is 79.8. The molecule has 0 spiro atoms. The van der Waals surface area contributed by atoms with Gasteiger partial charge < -0.3 is 10.1 Å². The van der Waals surface area contributed by atoms with Crippen LogP contribution in [0.25, 0.3) is 0 Å². The van der Waals surface area contributed by atoms with Crippen LogP contribution in [0.5, 0.6) is 0 Å². The summed E-state index contributed by atoms with van der Waals surface area (Å²) in [5.74, 6) is -220. The summed E-state index contributed by atoms with van der Waals surface area (Å²) in [5, 5.41) is 0.976. The summed E-state index contributed by atoms with van der Waals surface area (Å²) in [6, 6.07) is -0.306. The molecule has 0 saturated heterocycles. The standard InChI is InChI=1S/C35H10F45N3O5/c1-7-9(81-4-84)3-10(82-5-85)11(13(87)83-6-88-8(2)86)12(7)14(36,37)15(38,39)16(40,41)17(42,43)18(44,45)19(46,47)20(48,49)21(50,51)22(52,53)23(54,55)24(56,57)25(58,59)26(60,61)27(62,63)28(64,65)29(66,67)30(68,69)31(70,71)32(72,73)33(74,75)34(76,77)35(78,79)80/h3H,6H2,1-2H3,(H,83,87). The Morgan fingerprint density at radius 1 is 0.364 bits per heavy atom. The molecule has 1 N–H and O–H groups in total. The molecule has 0 heterocycles. The molecule has 0 atom stereocenters. The van der Waals surface area contributed by atoms with Crippen molar-refractivity contribution in [2.24, 2.45) is 9.98 Å². The normalized spacial score (nSPS) is 15.8. The third-order valence-electron chi connectivity index (χ3n) is 11.2. The molecule has 0 aromatic heterocycles. The van der Waals surface area contributed by atoms with Gasteiger partial charge in [-0.2, -0.15) is 208 Å². The predicted octanol–water partition coefficient (Wildman–Crippen LogP) is 15.5. The summed E-state index contributed by atoms with van der Waals surface area (Å²) in [4.78, 5) is 50.0. The number of halogens is 45. The first-order valence-corrected chi connectivity index (χ1v) is 19.6. The van der Waals surface area contributed by atoms with E-state index in [2.05, 4.69) is 14.7 Å². The minimum atomic E-state index is -10.9. The molecule has 1 aromatic rings. The van der Waals surface area contributed by atoms with Crippen molar-refractivity contribution in [3.05, 3.63) is 22.8 Å². The molecular formula is C35H10F45N3O5. The summed E-state index contributed by atoms with van der Waals surface area (Å²) < 4.78 is 644. The third kappa shape index (κ3) is 9.80. The molecular weight excluding hydrogens is 1400 g/mol. The SMILES string of the molecule is CC(=O)OCNC(=O)c1c(N=C=O)cc(N=C=O)c(C)c1C(F)(F)C(F)(F)C(F)(F)C(F)(F)C(F)(F)C(F)(F)C(F)(F)C(F)(F)C(F)(F)C(F)(F)C(F)(F)C(F)(F)C(F)(F)C(F)(F)C(F)(F)C(F)(F)C(F)(F)C(F)(F)C(F)(F)C(F)(F)C(F)(F)C(F)(F)F. The molecule has 0 aliphatic rings. The van der Waals surface area contributed by atoms with E-state index in [-0.39, 0.29) is 25.1 Å². The van der Waals surface area contributed by atoms with E-state index in [1.807, 2.05) is 0 Å². The number of carbonyl (C=O) groups excluding carboxylic acids is 4. The van der Waals surface area contributed by atoms with E-state index in [4.69, 9.17) is 0 Å². The highest BCUT2D eigenvalue weighted by Crippen LogP contribution is 2.72. The molecule has 0 saturated carbocycles. The minimum Gasteiger partial charge on any atom is -0.445 e. The van der Waals surface area contributed by atoms with Gasteiger partial charge in [-0.25, -0.2) is 9.59 Å². The van der Waals surface area contributed by atoms with E-state index in [0.29, 0.717) is 6.92 Å². The third-order valence-corrected chi connectivity index (χ3v) is 11.2. The number of nitrogens with zero attached hydrogens (tertiary/aromatic N) is 2. The Bertz CT molecular complexity index is 2930. The summed E-state index contributed by atoms with van der Waals surface area (Å²) in [5.41, 5.74) is -13.0. The average Bonchev–Trinajstić information content (AvgIpc) is 3.32. The largest absolute Gasteiger partial charge is 0.460 e. The van der Waals surface area contributed by atoms with Crippen molar-refractivity contribution in [3.8, 4) is 0 Å². The summed E-state index contributed by atoms with van der Waals surface area (Å²) in [7, 11) is 0. The van der Waals surface area contributed by atoms with E-state index in [1.165, 1.54) is 0 Å². The lowest BCUT2D eigenvalue weighted by molar-refractivity contribution is -0.497. The fourth-order valence-corrected chi connectivity index (χ4v) is 6.05. The molecule has 510 valence electrons. The van der Waals surface area contributed by atoms with Crippen LogP contribution in [-0.4, -0.2) is 155 Å². The molecule has 0 radical (unpaired) electrons. The molecule has 0 bridgehead atoms. The van der Waals surface area contributed by atoms with Crippen molar-refractivity contribution < 1.29 is 221 Å². The van der Waals surface area contributed by atoms with Crippen molar-refractivity contribution in [2.75, 3.05) is 6.73 Å². The van der Waals surface area contributed by atoms with Gasteiger partial charge in [0.1, 0.15) is 0 Å². The van der Waals surface area contributed by atoms with Crippen LogP contribution in [0.2, 0.25) is 0 Å². The fraction of sp³-hybridized carbons (Fsp3) is 0.714. The van der Waals surface area contributed by atoms with Crippen molar-refractivity contribution >= 4 is 35.4 Å². The molecule has 53 heteroatoms. The van der Waals surface area contributed by atoms with Crippen molar-refractivity contribution in [1.29, 1.82) is 0 Å². The van der Waals surface area contributed by atoms with E-state index < -0.39 is 177 Å². The van der Waals surface area contributed by atoms with Gasteiger partial charge in [0, 0.05) is 12.5 Å². The molecule has 1 rings (SSSR count). The second kappa shape index (κ2) is 21.5. The number of amides is 1. The fourth-order valence-electron chi connectivity index (χ4n) is 6.05. The highest BCUT2D eigenvalue weighted by Gasteiger charge is 3.04. The molecule has 0 fully saturated rings. The molecule has 1 aromatic carbocycles. The molecule has 0 aliphatic heterocycles. The van der Waals surface area contributed by atoms with Gasteiger partial charge >= 0.3 is 137 Å². The van der Waals surface area contributed by atoms with Gasteiger partial charge in [0.05, 0.1) is 16.9 Å². The lowest BCUT2D eigenvalue weighted by Gasteiger charge is -2.47. The maximum absolute atomic E-state index is 15.8. The molecule has 0 aliphatic carbocycles. The van der Waals surface area contributed by atoms with Gasteiger partial charge in [0.25, 0.3) is 5.91 Å². The van der Waals surface area contributed by atoms with Gasteiger partial charge in [-0.05, 0) is 18.6 Å². The number of hydrogen-bond acceptors (Lipinski definition) is 7. The number of carbonyl (C=O) groups is 2. The number of alkyl halides is 45. The van der Waals surface area contributed by atoms with Crippen LogP contribution in [0.15, 0.2) is 16.1 Å². The number of aliphatic imine (C=N–C) groups is 2. The van der Waals surface area contributed by atoms with E-state index in [9.17, 15) is 190 Å². The summed E-state index contributed by atoms with van der Waals surface area (Å²) in [6.45, 7) is -1.81. The Labute approximate surface area is 447 Å². The molecule has 0 unspecified atom stereocenters. The number of hydrogen-bond donors (Lipinski definition) is 1. The van der Waals surface area contributed by atoms with Crippen LogP contribution in [0.4, 0.5) is 209 Å². The van der Waals surface area contributed by atoms with E-state index in [0.717, 1.165) is 5.32 Å². The lowest BCUT2D eigenvalue weighted by atomic mass is 9.81. The van der Waals surface area contributed by atoms with Gasteiger partial charge in [0.2, 0.25) is 12.2 Å². The average molecular weight is 1410 g/mol. The minimum absolute atomic E-state index is 0.196. The highest BCUT2D eigenvalue weighted by molar-refractivity contribution is 6.02. The van der Waals surface area contributed by atoms with Crippen LogP contribution in [0.1, 0.15) is 28.4 Å². The smallest absolute Gasteiger partial charge is 0.445 e. The maximum Gasteiger partial charge on any atom is 0.460 e. The zero-order chi connectivity index (χ0) is 71.7. The van der Waals surface area contributed by atoms with Crippen LogP contribution in [0.3, 0.4) is 0 Å². The van der Waals surface area contributed by atoms with Gasteiger partial charge in [0.15, 0.2) is 6.73 Å². The van der Waals surface area contributed by atoms with Crippen LogP contribution in [0, 0.1) is 6.92 Å². The highest BCUT2D eigenvalue weighted by atomic mass is 19.4. The van der Waals surface area contributed by atoms with Crippen LogP contribution >= 0.6 is 0 Å². The number of ether oxygens (including phenoxy) is 1. The van der Waals surface area contributed by atoms with Gasteiger partial charge in [-0.1, -0.05) is 0 Å². The second-order valence-electron chi connectivity index (χ2n) is 16.5. The molecule has 8 nitrogen and oxygen atoms in total. The molecule has 1 amide bonds. The van der Waals surface area contributed by atoms with Gasteiger partial charge in [-0.15, -0.1) is 0 Å². The number of esters is 1. The Morgan fingerprint density at radius 2 is 0.568 bits per heavy atom. The number of benzene rings is 1. The zero-order valence-electron chi connectivity index (χ0n) is 39.2. The van der Waals surface area contributed by atoms with Crippen LogP contribution < -0.4 is 5.32 Å². The Hall–Kier alpha value is -6.23. The van der Waals surface area contributed by atoms with Crippen molar-refractivity contribution in [3.63, 3.8) is 0 Å². The van der Waals surface area contributed by atoms with Gasteiger partial charge in [-0.3, -0.25) is 9.59 Å².